The molecule has 0 saturated carbocycles. The zero-order chi connectivity index (χ0) is 17.2. The number of hydrogen-bond acceptors (Lipinski definition) is 4. The Labute approximate surface area is 141 Å². The Morgan fingerprint density at radius 3 is 2.38 bits per heavy atom. The van der Waals surface area contributed by atoms with Crippen molar-refractivity contribution >= 4 is 11.9 Å². The highest BCUT2D eigenvalue weighted by molar-refractivity contribution is 5.94. The van der Waals surface area contributed by atoms with E-state index in [9.17, 15) is 9.59 Å². The molecule has 1 N–H and O–H groups in total. The Bertz CT molecular complexity index is 653. The van der Waals surface area contributed by atoms with Crippen LogP contribution in [-0.2, 0) is 16.0 Å². The lowest BCUT2D eigenvalue weighted by molar-refractivity contribution is -0.145. The van der Waals surface area contributed by atoms with Gasteiger partial charge in [0.1, 0.15) is 5.75 Å². The first kappa shape index (κ1) is 17.5. The molecule has 2 rings (SSSR count). The summed E-state index contributed by atoms with van der Waals surface area (Å²) < 4.78 is 10.1. The molecule has 0 heterocycles. The van der Waals surface area contributed by atoms with Crippen molar-refractivity contribution < 1.29 is 19.1 Å². The first-order valence-corrected chi connectivity index (χ1v) is 7.89. The topological polar surface area (TPSA) is 64.6 Å². The molecule has 0 bridgehead atoms. The summed E-state index contributed by atoms with van der Waals surface area (Å²) in [5, 5.41) is 2.88. The minimum absolute atomic E-state index is 0.0787. The molecule has 0 spiro atoms. The maximum Gasteiger partial charge on any atom is 0.344 e. The number of esters is 1. The molecule has 1 amide bonds. The molecule has 0 atom stereocenters. The van der Waals surface area contributed by atoms with Crippen LogP contribution in [0.3, 0.4) is 0 Å². The van der Waals surface area contributed by atoms with Gasteiger partial charge in [-0.15, -0.1) is 0 Å². The van der Waals surface area contributed by atoms with Crippen molar-refractivity contribution in [1.29, 1.82) is 0 Å². The average Bonchev–Trinajstić information content (AvgIpc) is 2.62. The average molecular weight is 327 g/mol. The minimum Gasteiger partial charge on any atom is -0.482 e. The SMILES string of the molecule is CCOC(=O)COc1ccc(CCNC(=O)c2ccccc2)cc1. The summed E-state index contributed by atoms with van der Waals surface area (Å²) in [6.07, 6.45) is 0.719. The van der Waals surface area contributed by atoms with Crippen molar-refractivity contribution in [2.75, 3.05) is 19.8 Å². The third kappa shape index (κ3) is 5.76. The standard InChI is InChI=1S/C19H21NO4/c1-2-23-18(21)14-24-17-10-8-15(9-11-17)12-13-20-19(22)16-6-4-3-5-7-16/h3-11H,2,12-14H2,1H3,(H,20,22). The Hall–Kier alpha value is -2.82. The molecule has 0 fully saturated rings. The van der Waals surface area contributed by atoms with Gasteiger partial charge in [0.15, 0.2) is 6.61 Å². The van der Waals surface area contributed by atoms with Crippen LogP contribution in [0.5, 0.6) is 5.75 Å². The van der Waals surface area contributed by atoms with Gasteiger partial charge in [0.2, 0.25) is 0 Å². The number of benzene rings is 2. The fourth-order valence-electron chi connectivity index (χ4n) is 2.11. The van der Waals surface area contributed by atoms with E-state index in [-0.39, 0.29) is 18.5 Å². The number of amides is 1. The van der Waals surface area contributed by atoms with Crippen molar-refractivity contribution in [3.05, 3.63) is 65.7 Å². The molecule has 5 nitrogen and oxygen atoms in total. The van der Waals surface area contributed by atoms with E-state index in [1.165, 1.54) is 0 Å². The van der Waals surface area contributed by atoms with Gasteiger partial charge in [-0.2, -0.15) is 0 Å². The van der Waals surface area contributed by atoms with Crippen LogP contribution in [0.15, 0.2) is 54.6 Å². The van der Waals surface area contributed by atoms with Gasteiger partial charge in [0, 0.05) is 12.1 Å². The van der Waals surface area contributed by atoms with E-state index in [1.54, 1.807) is 31.2 Å². The molecule has 2 aromatic carbocycles. The number of carbonyl (C=O) groups excluding carboxylic acids is 2. The summed E-state index contributed by atoms with van der Waals surface area (Å²) in [5.74, 6) is 0.148. The fourth-order valence-corrected chi connectivity index (χ4v) is 2.11. The van der Waals surface area contributed by atoms with Crippen molar-refractivity contribution in [1.82, 2.24) is 5.32 Å². The molecular formula is C19H21NO4. The van der Waals surface area contributed by atoms with Gasteiger partial charge in [-0.25, -0.2) is 4.79 Å². The second-order valence-corrected chi connectivity index (χ2v) is 5.11. The van der Waals surface area contributed by atoms with Gasteiger partial charge in [0.25, 0.3) is 5.91 Å². The summed E-state index contributed by atoms with van der Waals surface area (Å²) in [6, 6.07) is 16.5. The van der Waals surface area contributed by atoms with E-state index in [1.807, 2.05) is 30.3 Å². The predicted molar refractivity (Wildman–Crippen MR) is 91.0 cm³/mol. The van der Waals surface area contributed by atoms with Crippen molar-refractivity contribution in [2.45, 2.75) is 13.3 Å². The number of ether oxygens (including phenoxy) is 2. The highest BCUT2D eigenvalue weighted by atomic mass is 16.6. The number of nitrogens with one attached hydrogen (secondary N) is 1. The van der Waals surface area contributed by atoms with Crippen molar-refractivity contribution in [3.63, 3.8) is 0 Å². The molecule has 126 valence electrons. The number of carbonyl (C=O) groups is 2. The van der Waals surface area contributed by atoms with E-state index >= 15 is 0 Å². The number of rotatable bonds is 8. The van der Waals surface area contributed by atoms with Crippen molar-refractivity contribution in [2.24, 2.45) is 0 Å². The van der Waals surface area contributed by atoms with Gasteiger partial charge >= 0.3 is 5.97 Å². The van der Waals surface area contributed by atoms with Crippen LogP contribution in [0.1, 0.15) is 22.8 Å². The molecule has 5 heteroatoms. The van der Waals surface area contributed by atoms with E-state index in [0.29, 0.717) is 24.5 Å². The maximum atomic E-state index is 11.9. The monoisotopic (exact) mass is 327 g/mol. The normalized spacial score (nSPS) is 10.0. The molecule has 0 aromatic heterocycles. The first-order valence-electron chi connectivity index (χ1n) is 7.89. The van der Waals surface area contributed by atoms with Crippen LogP contribution >= 0.6 is 0 Å². The summed E-state index contributed by atoms with van der Waals surface area (Å²) in [5.41, 5.74) is 1.73. The first-order chi connectivity index (χ1) is 11.7. The lowest BCUT2D eigenvalue weighted by Gasteiger charge is -2.08. The van der Waals surface area contributed by atoms with Gasteiger partial charge in [-0.05, 0) is 43.2 Å². The molecular weight excluding hydrogens is 306 g/mol. The van der Waals surface area contributed by atoms with Gasteiger partial charge in [-0.1, -0.05) is 30.3 Å². The van der Waals surface area contributed by atoms with Crippen LogP contribution in [0.25, 0.3) is 0 Å². The van der Waals surface area contributed by atoms with Crippen molar-refractivity contribution in [3.8, 4) is 5.75 Å². The van der Waals surface area contributed by atoms with Gasteiger partial charge < -0.3 is 14.8 Å². The Morgan fingerprint density at radius 2 is 1.71 bits per heavy atom. The van der Waals surface area contributed by atoms with E-state index < -0.39 is 0 Å². The van der Waals surface area contributed by atoms with Crippen LogP contribution in [-0.4, -0.2) is 31.6 Å². The summed E-state index contributed by atoms with van der Waals surface area (Å²) in [7, 11) is 0. The third-order valence-electron chi connectivity index (χ3n) is 3.32. The third-order valence-corrected chi connectivity index (χ3v) is 3.32. The van der Waals surface area contributed by atoms with Gasteiger partial charge in [0.05, 0.1) is 6.61 Å². The predicted octanol–water partition coefficient (Wildman–Crippen LogP) is 2.60. The summed E-state index contributed by atoms with van der Waals surface area (Å²) >= 11 is 0. The fraction of sp³-hybridized carbons (Fsp3) is 0.263. The smallest absolute Gasteiger partial charge is 0.344 e. The highest BCUT2D eigenvalue weighted by Crippen LogP contribution is 2.12. The lowest BCUT2D eigenvalue weighted by Crippen LogP contribution is -2.25. The largest absolute Gasteiger partial charge is 0.482 e. The molecule has 0 aliphatic rings. The quantitative estimate of drug-likeness (QED) is 0.757. The highest BCUT2D eigenvalue weighted by Gasteiger charge is 2.05. The molecule has 0 aliphatic carbocycles. The molecule has 0 aliphatic heterocycles. The van der Waals surface area contributed by atoms with E-state index in [2.05, 4.69) is 5.32 Å². The maximum absolute atomic E-state index is 11.9. The minimum atomic E-state index is -0.384. The number of hydrogen-bond donors (Lipinski definition) is 1. The van der Waals surface area contributed by atoms with Crippen LogP contribution in [0.4, 0.5) is 0 Å². The van der Waals surface area contributed by atoms with Crippen LogP contribution in [0.2, 0.25) is 0 Å². The zero-order valence-corrected chi connectivity index (χ0v) is 13.7. The summed E-state index contributed by atoms with van der Waals surface area (Å²) in [6.45, 7) is 2.55. The second-order valence-electron chi connectivity index (χ2n) is 5.11. The zero-order valence-electron chi connectivity index (χ0n) is 13.7. The Balaban J connectivity index is 1.74. The van der Waals surface area contributed by atoms with E-state index in [0.717, 1.165) is 12.0 Å². The molecule has 0 saturated heterocycles. The second kappa shape index (κ2) is 9.35. The lowest BCUT2D eigenvalue weighted by atomic mass is 10.1. The molecule has 24 heavy (non-hydrogen) atoms. The molecule has 0 radical (unpaired) electrons. The molecule has 2 aromatic rings. The Morgan fingerprint density at radius 1 is 1.00 bits per heavy atom. The van der Waals surface area contributed by atoms with Crippen LogP contribution in [0, 0.1) is 0 Å². The Kier molecular flexibility index (Phi) is 6.83. The van der Waals surface area contributed by atoms with E-state index in [4.69, 9.17) is 9.47 Å². The molecule has 0 unspecified atom stereocenters. The van der Waals surface area contributed by atoms with Gasteiger partial charge in [-0.3, -0.25) is 4.79 Å². The summed E-state index contributed by atoms with van der Waals surface area (Å²) in [4.78, 5) is 23.1. The van der Waals surface area contributed by atoms with Crippen LogP contribution < -0.4 is 10.1 Å².